The van der Waals surface area contributed by atoms with Gasteiger partial charge in [0.25, 0.3) is 0 Å². The van der Waals surface area contributed by atoms with E-state index in [1.807, 2.05) is 12.1 Å². The molecule has 1 aromatic heterocycles. The molecule has 1 fully saturated rings. The summed E-state index contributed by atoms with van der Waals surface area (Å²) in [5.74, 6) is 3.13. The summed E-state index contributed by atoms with van der Waals surface area (Å²) in [4.78, 5) is 18.7. The second kappa shape index (κ2) is 10.1. The molecule has 1 aromatic rings. The molecule has 0 spiro atoms. The quantitative estimate of drug-likeness (QED) is 0.586. The van der Waals surface area contributed by atoms with E-state index in [-0.39, 0.29) is 5.91 Å². The molecule has 1 aliphatic rings. The van der Waals surface area contributed by atoms with Gasteiger partial charge in [0.1, 0.15) is 5.76 Å². The molecule has 1 saturated heterocycles. The van der Waals surface area contributed by atoms with Gasteiger partial charge in [-0.2, -0.15) is 0 Å². The van der Waals surface area contributed by atoms with Crippen LogP contribution in [0.2, 0.25) is 0 Å². The highest BCUT2D eigenvalue weighted by Crippen LogP contribution is 2.20. The maximum Gasteiger partial charge on any atom is 0.220 e. The van der Waals surface area contributed by atoms with E-state index in [0.29, 0.717) is 18.3 Å². The van der Waals surface area contributed by atoms with Gasteiger partial charge < -0.3 is 20.0 Å². The fraction of sp³-hybridized carbons (Fsp3) is 0.684. The first-order chi connectivity index (χ1) is 12.1. The van der Waals surface area contributed by atoms with Crippen LogP contribution < -0.4 is 10.6 Å². The number of carbonyl (C=O) groups excluding carboxylic acids is 1. The Hall–Kier alpha value is -1.98. The minimum absolute atomic E-state index is 0.142. The second-order valence-corrected chi connectivity index (χ2v) is 7.12. The van der Waals surface area contributed by atoms with Crippen LogP contribution in [0.3, 0.4) is 0 Å². The SMILES string of the molecule is CNC(=O)CC1CCN(C(=NCC(C)C)NCCc2ccco2)CC1. The van der Waals surface area contributed by atoms with Crippen LogP contribution in [0.1, 0.15) is 38.9 Å². The smallest absolute Gasteiger partial charge is 0.220 e. The average Bonchev–Trinajstić information content (AvgIpc) is 3.12. The number of furan rings is 1. The fourth-order valence-electron chi connectivity index (χ4n) is 3.00. The molecule has 0 aromatic carbocycles. The minimum Gasteiger partial charge on any atom is -0.469 e. The highest BCUT2D eigenvalue weighted by atomic mass is 16.3. The summed E-state index contributed by atoms with van der Waals surface area (Å²) in [6.45, 7) is 7.89. The van der Waals surface area contributed by atoms with Crippen LogP contribution in [0.5, 0.6) is 0 Å². The number of rotatable bonds is 7. The molecule has 2 N–H and O–H groups in total. The zero-order valence-corrected chi connectivity index (χ0v) is 15.8. The van der Waals surface area contributed by atoms with Crippen molar-refractivity contribution in [3.05, 3.63) is 24.2 Å². The molecule has 0 atom stereocenters. The Labute approximate surface area is 151 Å². The number of guanidine groups is 1. The predicted molar refractivity (Wildman–Crippen MR) is 101 cm³/mol. The molecule has 2 heterocycles. The van der Waals surface area contributed by atoms with Crippen LogP contribution in [-0.4, -0.2) is 50.0 Å². The molecule has 0 bridgehead atoms. The van der Waals surface area contributed by atoms with E-state index in [2.05, 4.69) is 29.4 Å². The van der Waals surface area contributed by atoms with Gasteiger partial charge in [-0.3, -0.25) is 9.79 Å². The lowest BCUT2D eigenvalue weighted by atomic mass is 9.93. The van der Waals surface area contributed by atoms with Crippen LogP contribution >= 0.6 is 0 Å². The Balaban J connectivity index is 1.85. The van der Waals surface area contributed by atoms with E-state index in [4.69, 9.17) is 9.41 Å². The van der Waals surface area contributed by atoms with Gasteiger partial charge in [0.2, 0.25) is 5.91 Å². The molecule has 6 heteroatoms. The molecule has 0 unspecified atom stereocenters. The van der Waals surface area contributed by atoms with E-state index in [1.165, 1.54) is 0 Å². The van der Waals surface area contributed by atoms with Crippen molar-refractivity contribution in [2.45, 2.75) is 39.5 Å². The van der Waals surface area contributed by atoms with E-state index < -0.39 is 0 Å². The van der Waals surface area contributed by atoms with Crippen molar-refractivity contribution in [3.8, 4) is 0 Å². The van der Waals surface area contributed by atoms with Gasteiger partial charge in [-0.15, -0.1) is 0 Å². The lowest BCUT2D eigenvalue weighted by molar-refractivity contribution is -0.121. The molecule has 25 heavy (non-hydrogen) atoms. The number of aliphatic imine (C=N–C) groups is 1. The first-order valence-electron chi connectivity index (χ1n) is 9.34. The Morgan fingerprint density at radius 2 is 2.16 bits per heavy atom. The molecule has 0 aliphatic carbocycles. The second-order valence-electron chi connectivity index (χ2n) is 7.12. The summed E-state index contributed by atoms with van der Waals surface area (Å²) in [7, 11) is 1.71. The zero-order valence-electron chi connectivity index (χ0n) is 15.8. The number of hydrogen-bond acceptors (Lipinski definition) is 3. The first kappa shape index (κ1) is 19.3. The maximum absolute atomic E-state index is 11.6. The van der Waals surface area contributed by atoms with Gasteiger partial charge in [-0.1, -0.05) is 13.8 Å². The molecule has 1 aliphatic heterocycles. The number of nitrogens with one attached hydrogen (secondary N) is 2. The average molecular weight is 348 g/mol. The highest BCUT2D eigenvalue weighted by molar-refractivity contribution is 5.80. The first-order valence-corrected chi connectivity index (χ1v) is 9.34. The van der Waals surface area contributed by atoms with Gasteiger partial charge in [0, 0.05) is 46.1 Å². The summed E-state index contributed by atoms with van der Waals surface area (Å²) in [5.41, 5.74) is 0. The van der Waals surface area contributed by atoms with Gasteiger partial charge in [-0.25, -0.2) is 0 Å². The maximum atomic E-state index is 11.6. The number of likely N-dealkylation sites (tertiary alicyclic amines) is 1. The van der Waals surface area contributed by atoms with Crippen molar-refractivity contribution < 1.29 is 9.21 Å². The molecule has 140 valence electrons. The summed E-state index contributed by atoms with van der Waals surface area (Å²) in [6, 6.07) is 3.91. The van der Waals surface area contributed by atoms with Crippen molar-refractivity contribution >= 4 is 11.9 Å². The Bertz CT molecular complexity index is 532. The highest BCUT2D eigenvalue weighted by Gasteiger charge is 2.23. The third-order valence-electron chi connectivity index (χ3n) is 4.51. The van der Waals surface area contributed by atoms with Gasteiger partial charge in [0.05, 0.1) is 6.26 Å². The topological polar surface area (TPSA) is 69.9 Å². The largest absolute Gasteiger partial charge is 0.469 e. The number of carbonyl (C=O) groups is 1. The number of nitrogens with zero attached hydrogens (tertiary/aromatic N) is 2. The van der Waals surface area contributed by atoms with E-state index >= 15 is 0 Å². The van der Waals surface area contributed by atoms with Crippen molar-refractivity contribution in [2.75, 3.05) is 33.2 Å². The van der Waals surface area contributed by atoms with E-state index in [9.17, 15) is 4.79 Å². The fourth-order valence-corrected chi connectivity index (χ4v) is 3.00. The molecule has 0 saturated carbocycles. The number of hydrogen-bond donors (Lipinski definition) is 2. The third-order valence-corrected chi connectivity index (χ3v) is 4.51. The molecule has 1 amide bonds. The number of amides is 1. The normalized spacial score (nSPS) is 16.3. The summed E-state index contributed by atoms with van der Waals surface area (Å²) in [5, 5.41) is 6.21. The van der Waals surface area contributed by atoms with Crippen LogP contribution in [0.15, 0.2) is 27.8 Å². The summed E-state index contributed by atoms with van der Waals surface area (Å²) in [6.07, 6.45) is 5.26. The van der Waals surface area contributed by atoms with E-state index in [0.717, 1.165) is 57.2 Å². The summed E-state index contributed by atoms with van der Waals surface area (Å²) >= 11 is 0. The van der Waals surface area contributed by atoms with Crippen LogP contribution in [0.4, 0.5) is 0 Å². The lowest BCUT2D eigenvalue weighted by Gasteiger charge is -2.34. The number of piperidine rings is 1. The molecular weight excluding hydrogens is 316 g/mol. The molecule has 6 nitrogen and oxygen atoms in total. The monoisotopic (exact) mass is 348 g/mol. The van der Waals surface area contributed by atoms with Crippen LogP contribution in [0.25, 0.3) is 0 Å². The van der Waals surface area contributed by atoms with Gasteiger partial charge in [-0.05, 0) is 36.8 Å². The Morgan fingerprint density at radius 3 is 2.76 bits per heavy atom. The van der Waals surface area contributed by atoms with E-state index in [1.54, 1.807) is 13.3 Å². The van der Waals surface area contributed by atoms with Crippen LogP contribution in [0, 0.1) is 11.8 Å². The van der Waals surface area contributed by atoms with Crippen molar-refractivity contribution in [3.63, 3.8) is 0 Å². The van der Waals surface area contributed by atoms with Crippen LogP contribution in [-0.2, 0) is 11.2 Å². The molecular formula is C19H32N4O2. The minimum atomic E-state index is 0.142. The van der Waals surface area contributed by atoms with Crippen molar-refractivity contribution in [1.29, 1.82) is 0 Å². The summed E-state index contributed by atoms with van der Waals surface area (Å²) < 4.78 is 5.39. The molecule has 0 radical (unpaired) electrons. The van der Waals surface area contributed by atoms with Crippen molar-refractivity contribution in [1.82, 2.24) is 15.5 Å². The Kier molecular flexibility index (Phi) is 7.82. The van der Waals surface area contributed by atoms with Gasteiger partial charge in [0.15, 0.2) is 5.96 Å². The lowest BCUT2D eigenvalue weighted by Crippen LogP contribution is -2.46. The molecule has 2 rings (SSSR count). The Morgan fingerprint density at radius 1 is 1.40 bits per heavy atom. The predicted octanol–water partition coefficient (Wildman–Crippen LogP) is 2.27. The third kappa shape index (κ3) is 6.80. The zero-order chi connectivity index (χ0) is 18.1. The van der Waals surface area contributed by atoms with Gasteiger partial charge >= 0.3 is 0 Å². The van der Waals surface area contributed by atoms with Crippen molar-refractivity contribution in [2.24, 2.45) is 16.8 Å². The standard InChI is InChI=1S/C19H32N4O2/c1-15(2)14-22-19(21-9-6-17-5-4-12-25-17)23-10-7-16(8-11-23)13-18(24)20-3/h4-5,12,15-16H,6-11,13-14H2,1-3H3,(H,20,24)(H,21,22).